The molecule has 1 saturated heterocycles. The number of benzene rings is 1. The van der Waals surface area contributed by atoms with E-state index in [1.165, 1.54) is 0 Å². The number of fused-ring (bicyclic) bond motifs is 1. The van der Waals surface area contributed by atoms with Crippen molar-refractivity contribution in [1.29, 1.82) is 0 Å². The fraction of sp³-hybridized carbons (Fsp3) is 0.316. The van der Waals surface area contributed by atoms with Crippen LogP contribution in [0, 0.1) is 6.92 Å². The highest BCUT2D eigenvalue weighted by Gasteiger charge is 2.28. The predicted molar refractivity (Wildman–Crippen MR) is 98.6 cm³/mol. The predicted octanol–water partition coefficient (Wildman–Crippen LogP) is 3.43. The number of piperidine rings is 1. The standard InChI is InChI=1S/C19H18ClN3O3/c1-12-4-5-15-16(11-12)26-19(25)23(15)13-6-9-22(10-7-13)18(24)14-3-2-8-21-17(14)20/h2-5,8,11,13H,6-7,9-10H2,1H3. The van der Waals surface area contributed by atoms with E-state index in [-0.39, 0.29) is 22.9 Å². The zero-order valence-electron chi connectivity index (χ0n) is 14.3. The largest absolute Gasteiger partial charge is 0.420 e. The molecule has 1 aliphatic heterocycles. The van der Waals surface area contributed by atoms with E-state index < -0.39 is 0 Å². The highest BCUT2D eigenvalue weighted by Crippen LogP contribution is 2.27. The van der Waals surface area contributed by atoms with Crippen molar-refractivity contribution in [3.05, 3.63) is 63.4 Å². The third-order valence-electron chi connectivity index (χ3n) is 4.88. The summed E-state index contributed by atoms with van der Waals surface area (Å²) in [6.07, 6.45) is 2.93. The zero-order valence-corrected chi connectivity index (χ0v) is 15.1. The maximum absolute atomic E-state index is 12.6. The number of amides is 1. The average molecular weight is 372 g/mol. The van der Waals surface area contributed by atoms with Gasteiger partial charge in [0.05, 0.1) is 11.1 Å². The van der Waals surface area contributed by atoms with Crippen molar-refractivity contribution in [2.75, 3.05) is 13.1 Å². The lowest BCUT2D eigenvalue weighted by Crippen LogP contribution is -2.40. The zero-order chi connectivity index (χ0) is 18.3. The van der Waals surface area contributed by atoms with Gasteiger partial charge in [0.1, 0.15) is 5.15 Å². The Hall–Kier alpha value is -2.60. The number of aryl methyl sites for hydroxylation is 1. The molecule has 1 aliphatic rings. The fourth-order valence-corrected chi connectivity index (χ4v) is 3.73. The average Bonchev–Trinajstić information content (AvgIpc) is 2.96. The summed E-state index contributed by atoms with van der Waals surface area (Å²) in [5.41, 5.74) is 2.87. The summed E-state index contributed by atoms with van der Waals surface area (Å²) in [6, 6.07) is 9.15. The SMILES string of the molecule is Cc1ccc2c(c1)oc(=O)n2C1CCN(C(=O)c2cccnc2Cl)CC1. The van der Waals surface area contributed by atoms with E-state index in [4.69, 9.17) is 16.0 Å². The molecule has 2 aromatic heterocycles. The van der Waals surface area contributed by atoms with Gasteiger partial charge >= 0.3 is 5.76 Å². The first-order chi connectivity index (χ1) is 12.5. The van der Waals surface area contributed by atoms with E-state index >= 15 is 0 Å². The summed E-state index contributed by atoms with van der Waals surface area (Å²) >= 11 is 6.03. The molecule has 3 aromatic rings. The second kappa shape index (κ2) is 6.61. The van der Waals surface area contributed by atoms with Crippen LogP contribution in [-0.2, 0) is 0 Å². The van der Waals surface area contributed by atoms with E-state index in [1.807, 2.05) is 25.1 Å². The lowest BCUT2D eigenvalue weighted by atomic mass is 10.0. The molecule has 0 unspecified atom stereocenters. The summed E-state index contributed by atoms with van der Waals surface area (Å²) in [4.78, 5) is 30.7. The Morgan fingerprint density at radius 3 is 2.77 bits per heavy atom. The van der Waals surface area contributed by atoms with Gasteiger partial charge in [-0.25, -0.2) is 9.78 Å². The number of likely N-dealkylation sites (tertiary alicyclic amines) is 1. The molecule has 0 aliphatic carbocycles. The van der Waals surface area contributed by atoms with Crippen LogP contribution in [0.1, 0.15) is 34.8 Å². The molecule has 0 radical (unpaired) electrons. The van der Waals surface area contributed by atoms with Gasteiger partial charge in [0.15, 0.2) is 5.58 Å². The first kappa shape index (κ1) is 16.8. The van der Waals surface area contributed by atoms with Crippen molar-refractivity contribution in [3.8, 4) is 0 Å². The molecule has 3 heterocycles. The molecule has 0 saturated carbocycles. The number of oxazole rings is 1. The van der Waals surface area contributed by atoms with Gasteiger partial charge in [-0.2, -0.15) is 0 Å². The monoisotopic (exact) mass is 371 g/mol. The van der Waals surface area contributed by atoms with E-state index in [2.05, 4.69) is 4.98 Å². The van der Waals surface area contributed by atoms with Gasteiger partial charge < -0.3 is 9.32 Å². The summed E-state index contributed by atoms with van der Waals surface area (Å²) in [5.74, 6) is -0.466. The molecular formula is C19H18ClN3O3. The minimum absolute atomic E-state index is 0.0138. The molecular weight excluding hydrogens is 354 g/mol. The molecule has 0 N–H and O–H groups in total. The van der Waals surface area contributed by atoms with Crippen molar-refractivity contribution in [2.45, 2.75) is 25.8 Å². The van der Waals surface area contributed by atoms with Gasteiger partial charge in [-0.1, -0.05) is 17.7 Å². The van der Waals surface area contributed by atoms with Crippen LogP contribution < -0.4 is 5.76 Å². The smallest absolute Gasteiger partial charge is 0.408 e. The first-order valence-corrected chi connectivity index (χ1v) is 8.94. The third-order valence-corrected chi connectivity index (χ3v) is 5.18. The molecule has 26 heavy (non-hydrogen) atoms. The molecule has 1 aromatic carbocycles. The molecule has 6 nitrogen and oxygen atoms in total. The first-order valence-electron chi connectivity index (χ1n) is 8.56. The Balaban J connectivity index is 1.54. The van der Waals surface area contributed by atoms with Gasteiger partial charge in [0.25, 0.3) is 5.91 Å². The maximum atomic E-state index is 12.6. The molecule has 134 valence electrons. The molecule has 0 bridgehead atoms. The number of carbonyl (C=O) groups excluding carboxylic acids is 1. The van der Waals surface area contributed by atoms with Crippen LogP contribution in [-0.4, -0.2) is 33.4 Å². The quantitative estimate of drug-likeness (QED) is 0.647. The maximum Gasteiger partial charge on any atom is 0.420 e. The Morgan fingerprint density at radius 1 is 1.27 bits per heavy atom. The Bertz CT molecular complexity index is 1030. The van der Waals surface area contributed by atoms with Crippen molar-refractivity contribution in [2.24, 2.45) is 0 Å². The number of rotatable bonds is 2. The van der Waals surface area contributed by atoms with Gasteiger partial charge in [0.2, 0.25) is 0 Å². The van der Waals surface area contributed by atoms with Crippen molar-refractivity contribution in [3.63, 3.8) is 0 Å². The highest BCUT2D eigenvalue weighted by molar-refractivity contribution is 6.32. The Labute approximate surface area is 155 Å². The van der Waals surface area contributed by atoms with Crippen molar-refractivity contribution in [1.82, 2.24) is 14.5 Å². The summed E-state index contributed by atoms with van der Waals surface area (Å²) in [5, 5.41) is 0.215. The second-order valence-electron chi connectivity index (χ2n) is 6.57. The van der Waals surface area contributed by atoms with E-state index in [0.29, 0.717) is 37.1 Å². The molecule has 0 atom stereocenters. The lowest BCUT2D eigenvalue weighted by Gasteiger charge is -2.32. The summed E-state index contributed by atoms with van der Waals surface area (Å²) in [7, 11) is 0. The normalized spacial score (nSPS) is 15.5. The minimum Gasteiger partial charge on any atom is -0.408 e. The van der Waals surface area contributed by atoms with Crippen molar-refractivity contribution >= 4 is 28.6 Å². The molecule has 7 heteroatoms. The lowest BCUT2D eigenvalue weighted by molar-refractivity contribution is 0.0693. The number of pyridine rings is 1. The van der Waals surface area contributed by atoms with Crippen LogP contribution in [0.15, 0.2) is 45.7 Å². The fourth-order valence-electron chi connectivity index (χ4n) is 3.53. The number of hydrogen-bond donors (Lipinski definition) is 0. The van der Waals surface area contributed by atoms with E-state index in [1.54, 1.807) is 27.8 Å². The Kier molecular flexibility index (Phi) is 4.28. The van der Waals surface area contributed by atoms with E-state index in [0.717, 1.165) is 11.1 Å². The molecule has 4 rings (SSSR count). The molecule has 0 spiro atoms. The van der Waals surface area contributed by atoms with Crippen LogP contribution in [0.3, 0.4) is 0 Å². The number of hydrogen-bond acceptors (Lipinski definition) is 4. The van der Waals surface area contributed by atoms with Crippen LogP contribution in [0.4, 0.5) is 0 Å². The van der Waals surface area contributed by atoms with E-state index in [9.17, 15) is 9.59 Å². The number of nitrogens with zero attached hydrogens (tertiary/aromatic N) is 3. The second-order valence-corrected chi connectivity index (χ2v) is 6.93. The molecule has 1 amide bonds. The van der Waals surface area contributed by atoms with Crippen LogP contribution in [0.25, 0.3) is 11.1 Å². The number of aromatic nitrogens is 2. The summed E-state index contributed by atoms with van der Waals surface area (Å²) in [6.45, 7) is 3.07. The highest BCUT2D eigenvalue weighted by atomic mass is 35.5. The molecule has 1 fully saturated rings. The van der Waals surface area contributed by atoms with Gasteiger partial charge in [-0.3, -0.25) is 9.36 Å². The van der Waals surface area contributed by atoms with Crippen LogP contribution in [0.5, 0.6) is 0 Å². The van der Waals surface area contributed by atoms with Crippen LogP contribution in [0.2, 0.25) is 5.15 Å². The van der Waals surface area contributed by atoms with Crippen molar-refractivity contribution < 1.29 is 9.21 Å². The van der Waals surface area contributed by atoms with Gasteiger partial charge in [-0.05, 0) is 49.6 Å². The van der Waals surface area contributed by atoms with Crippen LogP contribution >= 0.6 is 11.6 Å². The third kappa shape index (κ3) is 2.90. The number of carbonyl (C=O) groups is 1. The minimum atomic E-state index is -0.342. The van der Waals surface area contributed by atoms with Gasteiger partial charge in [0, 0.05) is 25.3 Å². The topological polar surface area (TPSA) is 68.3 Å². The Morgan fingerprint density at radius 2 is 2.04 bits per heavy atom. The summed E-state index contributed by atoms with van der Waals surface area (Å²) < 4.78 is 7.11. The number of halogens is 1. The van der Waals surface area contributed by atoms with Gasteiger partial charge in [-0.15, -0.1) is 0 Å².